The number of nitrogens with one attached hydrogen (secondary N) is 1. The Balaban J connectivity index is 2.10. The summed E-state index contributed by atoms with van der Waals surface area (Å²) >= 11 is 5.91. The molecule has 0 atom stereocenters. The Kier molecular flexibility index (Phi) is 4.63. The second-order valence-corrected chi connectivity index (χ2v) is 4.44. The summed E-state index contributed by atoms with van der Waals surface area (Å²) in [7, 11) is 0. The van der Waals surface area contributed by atoms with E-state index in [1.807, 2.05) is 0 Å². The number of carbonyl (C=O) groups is 1. The Morgan fingerprint density at radius 2 is 1.95 bits per heavy atom. The van der Waals surface area contributed by atoms with Crippen LogP contribution in [0.5, 0.6) is 0 Å². The second kappa shape index (κ2) is 6.62. The molecule has 1 amide bonds. The molecule has 0 aliphatic rings. The third kappa shape index (κ3) is 3.87. The Labute approximate surface area is 125 Å². The predicted octanol–water partition coefficient (Wildman–Crippen LogP) is 3.01. The molecule has 2 aromatic carbocycles. The van der Waals surface area contributed by atoms with Crippen LogP contribution in [0.3, 0.4) is 0 Å². The molecule has 1 N–H and O–H groups in total. The molecule has 0 saturated heterocycles. The zero-order valence-electron chi connectivity index (χ0n) is 10.7. The quantitative estimate of drug-likeness (QED) is 0.535. The van der Waals surface area contributed by atoms with Crippen molar-refractivity contribution >= 4 is 29.4 Å². The van der Waals surface area contributed by atoms with Crippen LogP contribution in [-0.4, -0.2) is 17.0 Å². The third-order valence-corrected chi connectivity index (χ3v) is 2.94. The van der Waals surface area contributed by atoms with Crippen molar-refractivity contribution < 1.29 is 9.72 Å². The highest BCUT2D eigenvalue weighted by Crippen LogP contribution is 2.20. The van der Waals surface area contributed by atoms with Crippen LogP contribution < -0.4 is 5.43 Å². The fraction of sp³-hybridized carbons (Fsp3) is 0. The smallest absolute Gasteiger partial charge is 0.267 e. The van der Waals surface area contributed by atoms with Crippen molar-refractivity contribution in [2.75, 3.05) is 0 Å². The van der Waals surface area contributed by atoms with Gasteiger partial charge in [-0.2, -0.15) is 5.10 Å². The molecule has 2 aromatic rings. The number of rotatable bonds is 4. The number of hydrazone groups is 1. The molecule has 0 aromatic heterocycles. The van der Waals surface area contributed by atoms with Gasteiger partial charge in [-0.25, -0.2) is 5.43 Å². The molecule has 0 saturated carbocycles. The molecule has 0 bridgehead atoms. The maximum absolute atomic E-state index is 11.7. The molecule has 0 fully saturated rings. The molecular weight excluding hydrogens is 294 g/mol. The van der Waals surface area contributed by atoms with E-state index in [0.717, 1.165) is 0 Å². The Morgan fingerprint density at radius 1 is 1.24 bits per heavy atom. The van der Waals surface area contributed by atoms with Gasteiger partial charge in [0.05, 0.1) is 11.1 Å². The topological polar surface area (TPSA) is 84.6 Å². The van der Waals surface area contributed by atoms with E-state index in [4.69, 9.17) is 11.6 Å². The van der Waals surface area contributed by atoms with E-state index in [1.54, 1.807) is 30.3 Å². The van der Waals surface area contributed by atoms with E-state index in [1.165, 1.54) is 24.4 Å². The monoisotopic (exact) mass is 303 g/mol. The van der Waals surface area contributed by atoms with Gasteiger partial charge in [-0.05, 0) is 18.2 Å². The van der Waals surface area contributed by atoms with Gasteiger partial charge in [-0.1, -0.05) is 29.8 Å². The molecule has 2 rings (SSSR count). The summed E-state index contributed by atoms with van der Waals surface area (Å²) in [5, 5.41) is 14.7. The summed E-state index contributed by atoms with van der Waals surface area (Å²) < 4.78 is 0. The highest BCUT2D eigenvalue weighted by molar-refractivity contribution is 6.33. The van der Waals surface area contributed by atoms with Crippen LogP contribution in [0, 0.1) is 10.1 Å². The number of hydrogen-bond acceptors (Lipinski definition) is 4. The van der Waals surface area contributed by atoms with Crippen LogP contribution in [0.15, 0.2) is 53.6 Å². The lowest BCUT2D eigenvalue weighted by Gasteiger charge is -2.00. The minimum absolute atomic E-state index is 0.102. The lowest BCUT2D eigenvalue weighted by atomic mass is 10.2. The number of nitro groups is 1. The standard InChI is InChI=1S/C14H10ClN3O3/c15-13-7-6-12(18(20)21)8-11(13)9-16-17-14(19)10-4-2-1-3-5-10/h1-9H,(H,17,19)/b16-9+. The zero-order valence-corrected chi connectivity index (χ0v) is 11.4. The number of carbonyl (C=O) groups excluding carboxylic acids is 1. The number of non-ortho nitro benzene ring substituents is 1. The number of halogens is 1. The third-order valence-electron chi connectivity index (χ3n) is 2.60. The summed E-state index contributed by atoms with van der Waals surface area (Å²) in [5.41, 5.74) is 3.03. The Morgan fingerprint density at radius 3 is 2.62 bits per heavy atom. The SMILES string of the molecule is O=C(N/N=C/c1cc([N+](=O)[O-])ccc1Cl)c1ccccc1. The first-order valence-electron chi connectivity index (χ1n) is 5.90. The lowest BCUT2D eigenvalue weighted by molar-refractivity contribution is -0.384. The summed E-state index contributed by atoms with van der Waals surface area (Å²) in [6.45, 7) is 0. The maximum atomic E-state index is 11.7. The van der Waals surface area contributed by atoms with Gasteiger partial charge in [0, 0.05) is 28.3 Å². The van der Waals surface area contributed by atoms with E-state index in [2.05, 4.69) is 10.5 Å². The number of hydrogen-bond donors (Lipinski definition) is 1. The average Bonchev–Trinajstić information content (AvgIpc) is 2.49. The highest BCUT2D eigenvalue weighted by atomic mass is 35.5. The average molecular weight is 304 g/mol. The van der Waals surface area contributed by atoms with Crippen molar-refractivity contribution in [2.24, 2.45) is 5.10 Å². The minimum atomic E-state index is -0.532. The lowest BCUT2D eigenvalue weighted by Crippen LogP contribution is -2.17. The molecule has 21 heavy (non-hydrogen) atoms. The van der Waals surface area contributed by atoms with Crippen LogP contribution in [0.2, 0.25) is 5.02 Å². The van der Waals surface area contributed by atoms with E-state index in [0.29, 0.717) is 16.1 Å². The first-order valence-corrected chi connectivity index (χ1v) is 6.28. The molecule has 7 heteroatoms. The minimum Gasteiger partial charge on any atom is -0.267 e. The molecule has 6 nitrogen and oxygen atoms in total. The van der Waals surface area contributed by atoms with Crippen molar-refractivity contribution in [1.82, 2.24) is 5.43 Å². The van der Waals surface area contributed by atoms with Crippen LogP contribution in [0.4, 0.5) is 5.69 Å². The predicted molar refractivity (Wildman–Crippen MR) is 79.6 cm³/mol. The molecule has 0 aliphatic carbocycles. The van der Waals surface area contributed by atoms with Crippen LogP contribution in [0.1, 0.15) is 15.9 Å². The fourth-order valence-corrected chi connectivity index (χ4v) is 1.72. The van der Waals surface area contributed by atoms with E-state index >= 15 is 0 Å². The van der Waals surface area contributed by atoms with Gasteiger partial charge in [-0.15, -0.1) is 0 Å². The molecule has 0 radical (unpaired) electrons. The van der Waals surface area contributed by atoms with E-state index in [-0.39, 0.29) is 11.6 Å². The molecule has 0 aliphatic heterocycles. The molecule has 0 heterocycles. The van der Waals surface area contributed by atoms with Gasteiger partial charge in [0.1, 0.15) is 0 Å². The Bertz CT molecular complexity index is 702. The van der Waals surface area contributed by atoms with Crippen LogP contribution >= 0.6 is 11.6 Å². The first-order chi connectivity index (χ1) is 10.1. The van der Waals surface area contributed by atoms with Crippen molar-refractivity contribution in [3.05, 3.63) is 74.8 Å². The van der Waals surface area contributed by atoms with Crippen molar-refractivity contribution in [1.29, 1.82) is 0 Å². The highest BCUT2D eigenvalue weighted by Gasteiger charge is 2.08. The molecule has 106 valence electrons. The Hall–Kier alpha value is -2.73. The largest absolute Gasteiger partial charge is 0.271 e. The second-order valence-electron chi connectivity index (χ2n) is 4.03. The van der Waals surface area contributed by atoms with Crippen LogP contribution in [0.25, 0.3) is 0 Å². The number of nitro benzene ring substituents is 1. The van der Waals surface area contributed by atoms with Crippen molar-refractivity contribution in [2.45, 2.75) is 0 Å². The summed E-state index contributed by atoms with van der Waals surface area (Å²) in [5.74, 6) is -0.381. The zero-order chi connectivity index (χ0) is 15.2. The van der Waals surface area contributed by atoms with Gasteiger partial charge in [0.2, 0.25) is 0 Å². The molecule has 0 unspecified atom stereocenters. The number of benzene rings is 2. The summed E-state index contributed by atoms with van der Waals surface area (Å²) in [6, 6.07) is 12.5. The number of nitrogens with zero attached hydrogens (tertiary/aromatic N) is 2. The van der Waals surface area contributed by atoms with Crippen molar-refractivity contribution in [3.8, 4) is 0 Å². The van der Waals surface area contributed by atoms with Gasteiger partial charge in [0.15, 0.2) is 0 Å². The van der Waals surface area contributed by atoms with Crippen molar-refractivity contribution in [3.63, 3.8) is 0 Å². The van der Waals surface area contributed by atoms with Gasteiger partial charge < -0.3 is 0 Å². The van der Waals surface area contributed by atoms with E-state index in [9.17, 15) is 14.9 Å². The van der Waals surface area contributed by atoms with E-state index < -0.39 is 4.92 Å². The van der Waals surface area contributed by atoms with Gasteiger partial charge >= 0.3 is 0 Å². The normalized spacial score (nSPS) is 10.5. The first kappa shape index (κ1) is 14.7. The number of amides is 1. The van der Waals surface area contributed by atoms with Gasteiger partial charge in [0.25, 0.3) is 11.6 Å². The molecular formula is C14H10ClN3O3. The van der Waals surface area contributed by atoms with Gasteiger partial charge in [-0.3, -0.25) is 14.9 Å². The molecule has 0 spiro atoms. The summed E-state index contributed by atoms with van der Waals surface area (Å²) in [4.78, 5) is 21.9. The summed E-state index contributed by atoms with van der Waals surface area (Å²) in [6.07, 6.45) is 1.26. The fourth-order valence-electron chi connectivity index (χ4n) is 1.56. The maximum Gasteiger partial charge on any atom is 0.271 e. The van der Waals surface area contributed by atoms with Crippen LogP contribution in [-0.2, 0) is 0 Å².